The molecule has 0 aromatic carbocycles. The predicted octanol–water partition coefficient (Wildman–Crippen LogP) is 1.06. The maximum atomic E-state index is 9.37. The van der Waals surface area contributed by atoms with Gasteiger partial charge in [0.1, 0.15) is 0 Å². The molecule has 1 aromatic heterocycles. The molecule has 0 fully saturated rings. The second kappa shape index (κ2) is 3.38. The van der Waals surface area contributed by atoms with Gasteiger partial charge in [-0.3, -0.25) is 0 Å². The summed E-state index contributed by atoms with van der Waals surface area (Å²) in [4.78, 5) is 7.78. The van der Waals surface area contributed by atoms with Crippen LogP contribution in [-0.4, -0.2) is 22.2 Å². The van der Waals surface area contributed by atoms with Crippen molar-refractivity contribution in [1.29, 1.82) is 0 Å². The van der Waals surface area contributed by atoms with E-state index in [-0.39, 0.29) is 11.9 Å². The number of aryl methyl sites for hydroxylation is 1. The molecule has 0 aliphatic heterocycles. The van der Waals surface area contributed by atoms with Gasteiger partial charge in [0.25, 0.3) is 0 Å². The monoisotopic (exact) mass is 168 g/mol. The Morgan fingerprint density at radius 2 is 2.08 bits per heavy atom. The first-order valence-electron chi connectivity index (χ1n) is 3.79. The third kappa shape index (κ3) is 1.47. The van der Waals surface area contributed by atoms with Crippen LogP contribution >= 0.6 is 0 Å². The van der Waals surface area contributed by atoms with Crippen molar-refractivity contribution in [2.75, 3.05) is 7.11 Å². The average Bonchev–Trinajstić information content (AvgIpc) is 2.03. The smallest absolute Gasteiger partial charge is 0.319 e. The number of hydrogen-bond acceptors (Lipinski definition) is 4. The van der Waals surface area contributed by atoms with Crippen LogP contribution in [0.25, 0.3) is 0 Å². The normalized spacial score (nSPS) is 9.92. The molecule has 0 bridgehead atoms. The number of hydrogen-bond donors (Lipinski definition) is 1. The lowest BCUT2D eigenvalue weighted by Gasteiger charge is -2.05. The molecule has 0 aliphatic rings. The fourth-order valence-electron chi connectivity index (χ4n) is 1.06. The molecule has 4 nitrogen and oxygen atoms in total. The van der Waals surface area contributed by atoms with Crippen LogP contribution in [0.1, 0.15) is 18.2 Å². The van der Waals surface area contributed by atoms with E-state index in [1.165, 1.54) is 7.11 Å². The minimum atomic E-state index is 0.0156. The van der Waals surface area contributed by atoms with Gasteiger partial charge >= 0.3 is 6.01 Å². The van der Waals surface area contributed by atoms with E-state index in [2.05, 4.69) is 9.97 Å². The molecule has 1 heterocycles. The zero-order valence-corrected chi connectivity index (χ0v) is 7.46. The highest BCUT2D eigenvalue weighted by molar-refractivity contribution is 5.30. The van der Waals surface area contributed by atoms with Crippen molar-refractivity contribution in [2.24, 2.45) is 0 Å². The predicted molar refractivity (Wildman–Crippen MR) is 44.4 cm³/mol. The number of aromatic nitrogens is 2. The van der Waals surface area contributed by atoms with Crippen LogP contribution < -0.4 is 4.74 Å². The maximum absolute atomic E-state index is 9.37. The molecule has 0 unspecified atom stereocenters. The molecule has 1 rings (SSSR count). The molecule has 4 heteroatoms. The molecular formula is C8H12N2O2. The van der Waals surface area contributed by atoms with Gasteiger partial charge in [-0.2, -0.15) is 4.98 Å². The Labute approximate surface area is 71.2 Å². The molecule has 66 valence electrons. The summed E-state index contributed by atoms with van der Waals surface area (Å²) in [6.45, 7) is 3.76. The van der Waals surface area contributed by atoms with Gasteiger partial charge in [0, 0.05) is 5.56 Å². The van der Waals surface area contributed by atoms with Crippen molar-refractivity contribution < 1.29 is 9.84 Å². The highest BCUT2D eigenvalue weighted by atomic mass is 16.5. The van der Waals surface area contributed by atoms with E-state index in [1.54, 1.807) is 0 Å². The van der Waals surface area contributed by atoms with E-state index < -0.39 is 0 Å². The molecule has 0 saturated carbocycles. The van der Waals surface area contributed by atoms with Crippen LogP contribution in [-0.2, 0) is 6.42 Å². The van der Waals surface area contributed by atoms with Crippen molar-refractivity contribution >= 4 is 0 Å². The fraction of sp³-hybridized carbons (Fsp3) is 0.500. The summed E-state index contributed by atoms with van der Waals surface area (Å²) in [6, 6.07) is 0.210. The average molecular weight is 168 g/mol. The molecular weight excluding hydrogens is 156 g/mol. The zero-order chi connectivity index (χ0) is 9.14. The van der Waals surface area contributed by atoms with Crippen LogP contribution in [0.5, 0.6) is 11.9 Å². The van der Waals surface area contributed by atoms with Gasteiger partial charge in [0.05, 0.1) is 12.8 Å². The first kappa shape index (κ1) is 8.77. The summed E-state index contributed by atoms with van der Waals surface area (Å²) in [7, 11) is 1.47. The fourth-order valence-corrected chi connectivity index (χ4v) is 1.06. The van der Waals surface area contributed by atoms with Crippen LogP contribution in [0.15, 0.2) is 0 Å². The maximum Gasteiger partial charge on any atom is 0.319 e. The molecule has 0 spiro atoms. The minimum absolute atomic E-state index is 0.0156. The van der Waals surface area contributed by atoms with Gasteiger partial charge in [-0.1, -0.05) is 6.92 Å². The van der Waals surface area contributed by atoms with E-state index in [9.17, 15) is 5.11 Å². The molecule has 0 saturated heterocycles. The van der Waals surface area contributed by atoms with Gasteiger partial charge < -0.3 is 9.84 Å². The summed E-state index contributed by atoms with van der Waals surface area (Å²) in [5.41, 5.74) is 1.54. The molecule has 0 atom stereocenters. The molecule has 0 amide bonds. The van der Waals surface area contributed by atoms with Gasteiger partial charge in [-0.25, -0.2) is 4.98 Å². The number of aromatic hydroxyl groups is 1. The Hall–Kier alpha value is -1.32. The lowest BCUT2D eigenvalue weighted by Crippen LogP contribution is -1.98. The van der Waals surface area contributed by atoms with E-state index in [0.717, 1.165) is 17.7 Å². The van der Waals surface area contributed by atoms with Crippen LogP contribution in [0.3, 0.4) is 0 Å². The topological polar surface area (TPSA) is 55.2 Å². The van der Waals surface area contributed by atoms with Gasteiger partial charge in [0.15, 0.2) is 0 Å². The molecule has 1 aromatic rings. The second-order valence-corrected chi connectivity index (χ2v) is 2.45. The Kier molecular flexibility index (Phi) is 2.47. The first-order valence-corrected chi connectivity index (χ1v) is 3.79. The Morgan fingerprint density at radius 3 is 2.50 bits per heavy atom. The van der Waals surface area contributed by atoms with Crippen molar-refractivity contribution in [3.63, 3.8) is 0 Å². The van der Waals surface area contributed by atoms with Gasteiger partial charge in [-0.05, 0) is 13.3 Å². The number of rotatable bonds is 2. The number of methoxy groups -OCH3 is 1. The summed E-state index contributed by atoms with van der Waals surface area (Å²) >= 11 is 0. The molecule has 0 radical (unpaired) electrons. The standard InChI is InChI=1S/C8H12N2O2/c1-4-6-5(2)9-8(12-3)10-7(6)11/h4H2,1-3H3,(H,9,10,11). The lowest BCUT2D eigenvalue weighted by atomic mass is 10.2. The van der Waals surface area contributed by atoms with Crippen molar-refractivity contribution in [2.45, 2.75) is 20.3 Å². The SMILES string of the molecule is CCc1c(C)nc(OC)nc1O. The van der Waals surface area contributed by atoms with Gasteiger partial charge in [0.2, 0.25) is 5.88 Å². The summed E-state index contributed by atoms with van der Waals surface area (Å²) < 4.78 is 4.79. The van der Waals surface area contributed by atoms with Crippen LogP contribution in [0.4, 0.5) is 0 Å². The van der Waals surface area contributed by atoms with E-state index in [1.807, 2.05) is 13.8 Å². The Bertz CT molecular complexity index is 263. The third-order valence-electron chi connectivity index (χ3n) is 1.71. The van der Waals surface area contributed by atoms with Crippen molar-refractivity contribution in [1.82, 2.24) is 9.97 Å². The summed E-state index contributed by atoms with van der Waals surface area (Å²) in [5, 5.41) is 9.37. The van der Waals surface area contributed by atoms with Gasteiger partial charge in [-0.15, -0.1) is 0 Å². The van der Waals surface area contributed by atoms with Crippen molar-refractivity contribution in [3.05, 3.63) is 11.3 Å². The zero-order valence-electron chi connectivity index (χ0n) is 7.46. The van der Waals surface area contributed by atoms with E-state index >= 15 is 0 Å². The highest BCUT2D eigenvalue weighted by Crippen LogP contribution is 2.19. The quantitative estimate of drug-likeness (QED) is 0.717. The third-order valence-corrected chi connectivity index (χ3v) is 1.71. The number of ether oxygens (including phenoxy) is 1. The number of nitrogens with zero attached hydrogens (tertiary/aromatic N) is 2. The summed E-state index contributed by atoms with van der Waals surface area (Å²) in [6.07, 6.45) is 0.724. The largest absolute Gasteiger partial charge is 0.493 e. The summed E-state index contributed by atoms with van der Waals surface area (Å²) in [5.74, 6) is 0.0156. The Balaban J connectivity index is 3.18. The molecule has 0 aliphatic carbocycles. The van der Waals surface area contributed by atoms with E-state index in [0.29, 0.717) is 0 Å². The van der Waals surface area contributed by atoms with Crippen LogP contribution in [0.2, 0.25) is 0 Å². The Morgan fingerprint density at radius 1 is 1.42 bits per heavy atom. The molecule has 1 N–H and O–H groups in total. The first-order chi connectivity index (χ1) is 5.69. The van der Waals surface area contributed by atoms with Crippen LogP contribution in [0, 0.1) is 6.92 Å². The highest BCUT2D eigenvalue weighted by Gasteiger charge is 2.08. The van der Waals surface area contributed by atoms with Crippen molar-refractivity contribution in [3.8, 4) is 11.9 Å². The molecule has 12 heavy (non-hydrogen) atoms. The lowest BCUT2D eigenvalue weighted by molar-refractivity contribution is 0.360. The second-order valence-electron chi connectivity index (χ2n) is 2.45. The van der Waals surface area contributed by atoms with E-state index in [4.69, 9.17) is 4.74 Å². The minimum Gasteiger partial charge on any atom is -0.493 e.